The Balaban J connectivity index is 2.52. The first-order valence-electron chi connectivity index (χ1n) is 5.15. The fourth-order valence-corrected chi connectivity index (χ4v) is 1.92. The second-order valence-corrected chi connectivity index (χ2v) is 4.23. The van der Waals surface area contributed by atoms with Gasteiger partial charge in [-0.1, -0.05) is 30.3 Å². The van der Waals surface area contributed by atoms with Crippen LogP contribution < -0.4 is 14.8 Å². The molecule has 0 aliphatic rings. The molecule has 0 radical (unpaired) electrons. The highest BCUT2D eigenvalue weighted by molar-refractivity contribution is 5.89. The van der Waals surface area contributed by atoms with Gasteiger partial charge in [-0.05, 0) is 5.56 Å². The summed E-state index contributed by atoms with van der Waals surface area (Å²) in [5, 5.41) is 1.35. The van der Waals surface area contributed by atoms with Gasteiger partial charge in [-0.15, -0.1) is 0 Å². The van der Waals surface area contributed by atoms with E-state index in [0.717, 1.165) is 0 Å². The monoisotopic (exact) mass is 201 g/mol. The van der Waals surface area contributed by atoms with Crippen molar-refractivity contribution in [3.8, 4) is 11.1 Å². The lowest BCUT2D eigenvalue weighted by Crippen LogP contribution is -2.17. The fraction of sp³-hybridized carbons (Fsp3) is 0.308. The first-order valence-corrected chi connectivity index (χ1v) is 5.15. The van der Waals surface area contributed by atoms with Crippen LogP contribution in [0.3, 0.4) is 0 Å². The summed E-state index contributed by atoms with van der Waals surface area (Å²) < 4.78 is 2.18. The van der Waals surface area contributed by atoms with Crippen molar-refractivity contribution in [2.45, 2.75) is 0 Å². The molecule has 0 heterocycles. The minimum absolute atomic E-state index is 1.31. The third kappa shape index (κ3) is 1.67. The smallest absolute Gasteiger partial charge is 0.234 e. The van der Waals surface area contributed by atoms with Crippen LogP contribution in [0.1, 0.15) is 0 Å². The molecule has 2 nitrogen and oxygen atoms in total. The summed E-state index contributed by atoms with van der Waals surface area (Å²) in [5.74, 6) is 0. The molecule has 2 aromatic rings. The molecular weight excluding hydrogens is 184 g/mol. The van der Waals surface area contributed by atoms with Gasteiger partial charge < -0.3 is 4.90 Å². The summed E-state index contributed by atoms with van der Waals surface area (Å²) in [6, 6.07) is 10.5. The maximum Gasteiger partial charge on any atom is 0.234 e. The van der Waals surface area contributed by atoms with E-state index in [-0.39, 0.29) is 0 Å². The number of rotatable bonds is 2. The van der Waals surface area contributed by atoms with E-state index in [1.54, 1.807) is 0 Å². The number of anilines is 1. The molecule has 0 spiro atoms. The second-order valence-electron chi connectivity index (χ2n) is 4.23. The molecule has 2 aromatic carbocycles. The Bertz CT molecular complexity index is 481. The van der Waals surface area contributed by atoms with Gasteiger partial charge in [0.2, 0.25) is 5.36 Å². The highest BCUT2D eigenvalue weighted by Crippen LogP contribution is 2.31. The Morgan fingerprint density at radius 3 is 2.00 bits per heavy atom. The van der Waals surface area contributed by atoms with Crippen molar-refractivity contribution in [2.24, 2.45) is 0 Å². The average Bonchev–Trinajstić information content (AvgIpc) is 2.94. The molecule has 0 unspecified atom stereocenters. The van der Waals surface area contributed by atoms with Crippen molar-refractivity contribution in [3.05, 3.63) is 35.7 Å². The first kappa shape index (κ1) is 9.97. The maximum atomic E-state index is 2.18. The van der Waals surface area contributed by atoms with Gasteiger partial charge in [0.05, 0.1) is 5.56 Å². The van der Waals surface area contributed by atoms with Gasteiger partial charge in [0.25, 0.3) is 0 Å². The van der Waals surface area contributed by atoms with Gasteiger partial charge in [0.1, 0.15) is 19.8 Å². The molecule has 0 saturated carbocycles. The Morgan fingerprint density at radius 2 is 1.60 bits per heavy atom. The maximum absolute atomic E-state index is 2.18. The first-order chi connectivity index (χ1) is 7.13. The Kier molecular flexibility index (Phi) is 2.35. The predicted octanol–water partition coefficient (Wildman–Crippen LogP) is 1.33. The van der Waals surface area contributed by atoms with E-state index in [9.17, 15) is 0 Å². The topological polar surface area (TPSA) is 6.25 Å². The summed E-state index contributed by atoms with van der Waals surface area (Å²) in [7, 11) is 8.37. The molecule has 0 aliphatic carbocycles. The van der Waals surface area contributed by atoms with E-state index >= 15 is 0 Å². The van der Waals surface area contributed by atoms with Crippen LogP contribution in [-0.4, -0.2) is 28.2 Å². The minimum Gasteiger partial charge on any atom is -0.372 e. The van der Waals surface area contributed by atoms with E-state index in [2.05, 4.69) is 68.0 Å². The molecule has 0 aliphatic heterocycles. The zero-order valence-electron chi connectivity index (χ0n) is 9.78. The van der Waals surface area contributed by atoms with Crippen LogP contribution in [0, 0.1) is 0 Å². The second kappa shape index (κ2) is 3.54. The average molecular weight is 201 g/mol. The molecule has 2 heteroatoms. The van der Waals surface area contributed by atoms with E-state index in [1.807, 2.05) is 0 Å². The van der Waals surface area contributed by atoms with Crippen LogP contribution in [0.4, 0.5) is 5.69 Å². The van der Waals surface area contributed by atoms with Crippen molar-refractivity contribution in [1.29, 1.82) is 0 Å². The summed E-state index contributed by atoms with van der Waals surface area (Å²) in [6.07, 6.45) is 0. The van der Waals surface area contributed by atoms with Crippen LogP contribution in [-0.2, 0) is 0 Å². The number of hydrogen-bond acceptors (Lipinski definition) is 1. The molecule has 0 atom stereocenters. The van der Waals surface area contributed by atoms with E-state index in [1.165, 1.54) is 22.2 Å². The van der Waals surface area contributed by atoms with Crippen molar-refractivity contribution in [1.82, 2.24) is 4.58 Å². The third-order valence-electron chi connectivity index (χ3n) is 2.59. The zero-order valence-corrected chi connectivity index (χ0v) is 9.78. The van der Waals surface area contributed by atoms with Crippen molar-refractivity contribution >= 4 is 5.69 Å². The van der Waals surface area contributed by atoms with Crippen LogP contribution >= 0.6 is 0 Å². The van der Waals surface area contributed by atoms with E-state index < -0.39 is 0 Å². The quantitative estimate of drug-likeness (QED) is 0.664. The zero-order chi connectivity index (χ0) is 11.0. The van der Waals surface area contributed by atoms with E-state index in [0.29, 0.717) is 0 Å². The van der Waals surface area contributed by atoms with Crippen molar-refractivity contribution in [3.63, 3.8) is 0 Å². The van der Waals surface area contributed by atoms with Gasteiger partial charge >= 0.3 is 0 Å². The van der Waals surface area contributed by atoms with Gasteiger partial charge in [0, 0.05) is 14.1 Å². The molecule has 0 bridgehead atoms. The van der Waals surface area contributed by atoms with Gasteiger partial charge in [-0.3, -0.25) is 0 Å². The number of nitrogens with zero attached hydrogens (tertiary/aromatic N) is 2. The van der Waals surface area contributed by atoms with Crippen LogP contribution in [0.25, 0.3) is 11.1 Å². The summed E-state index contributed by atoms with van der Waals surface area (Å²) in [4.78, 5) is 2.18. The molecule has 0 aromatic heterocycles. The molecule has 0 N–H and O–H groups in total. The van der Waals surface area contributed by atoms with Crippen molar-refractivity contribution in [2.75, 3.05) is 33.1 Å². The Morgan fingerprint density at radius 1 is 1.00 bits per heavy atom. The summed E-state index contributed by atoms with van der Waals surface area (Å²) in [5.41, 5.74) is 4.04. The molecule has 0 amide bonds. The molecule has 2 rings (SSSR count). The number of benzene rings is 1. The molecule has 78 valence electrons. The normalized spacial score (nSPS) is 10.7. The summed E-state index contributed by atoms with van der Waals surface area (Å²) in [6.45, 7) is 0. The lowest BCUT2D eigenvalue weighted by atomic mass is 10.2. The van der Waals surface area contributed by atoms with Crippen LogP contribution in [0.2, 0.25) is 0 Å². The Hall–Kier alpha value is -1.57. The molecule has 0 saturated heterocycles. The highest BCUT2D eigenvalue weighted by atomic mass is 15.1. The van der Waals surface area contributed by atoms with E-state index in [4.69, 9.17) is 0 Å². The molecule has 0 fully saturated rings. The lowest BCUT2D eigenvalue weighted by Gasteiger charge is -2.02. The minimum atomic E-state index is 1.31. The largest absolute Gasteiger partial charge is 0.372 e. The van der Waals surface area contributed by atoms with Crippen molar-refractivity contribution < 1.29 is 0 Å². The van der Waals surface area contributed by atoms with Crippen LogP contribution in [0.5, 0.6) is 0 Å². The Labute approximate surface area is 90.8 Å². The molecule has 15 heavy (non-hydrogen) atoms. The summed E-state index contributed by atoms with van der Waals surface area (Å²) >= 11 is 0. The number of hydrogen-bond donors (Lipinski definition) is 0. The lowest BCUT2D eigenvalue weighted by molar-refractivity contribution is 0.830. The van der Waals surface area contributed by atoms with Gasteiger partial charge in [-0.2, -0.15) is 0 Å². The fourth-order valence-electron chi connectivity index (χ4n) is 1.92. The molecular formula is C13H17N2+. The standard InChI is InChI=1S/C13H17N2/c1-14(2)12-11(13(12)15(3)4)10-8-6-5-7-9-10/h5-9H,1-4H3/q+1. The van der Waals surface area contributed by atoms with Crippen LogP contribution in [0.15, 0.2) is 30.3 Å². The van der Waals surface area contributed by atoms with Gasteiger partial charge in [0.15, 0.2) is 0 Å². The third-order valence-corrected chi connectivity index (χ3v) is 2.59. The predicted molar refractivity (Wildman–Crippen MR) is 65.7 cm³/mol. The van der Waals surface area contributed by atoms with Gasteiger partial charge in [-0.25, -0.2) is 4.58 Å². The highest BCUT2D eigenvalue weighted by Gasteiger charge is 2.29. The SMILES string of the molecule is CN(C)c1c(-c2ccccc2)c1=[N+](C)C.